The number of amides is 3. The van der Waals surface area contributed by atoms with E-state index in [9.17, 15) is 9.59 Å². The summed E-state index contributed by atoms with van der Waals surface area (Å²) in [6.45, 7) is 6.80. The molecule has 2 heterocycles. The van der Waals surface area contributed by atoms with E-state index in [1.54, 1.807) is 17.0 Å². The summed E-state index contributed by atoms with van der Waals surface area (Å²) in [5.41, 5.74) is 1.93. The lowest BCUT2D eigenvalue weighted by Gasteiger charge is -2.41. The van der Waals surface area contributed by atoms with Crippen LogP contribution in [0.15, 0.2) is 53.0 Å². The van der Waals surface area contributed by atoms with Crippen LogP contribution in [0.4, 0.5) is 10.5 Å². The van der Waals surface area contributed by atoms with Crippen molar-refractivity contribution in [3.8, 4) is 5.75 Å². The van der Waals surface area contributed by atoms with Crippen molar-refractivity contribution in [3.63, 3.8) is 0 Å². The second-order valence-corrected chi connectivity index (χ2v) is 10.5. The summed E-state index contributed by atoms with van der Waals surface area (Å²) >= 11 is 3.70. The minimum absolute atomic E-state index is 0.0875. The Labute approximate surface area is 211 Å². The van der Waals surface area contributed by atoms with E-state index in [1.807, 2.05) is 45.2 Å². The van der Waals surface area contributed by atoms with Crippen LogP contribution < -0.4 is 9.64 Å². The van der Waals surface area contributed by atoms with Crippen LogP contribution in [-0.4, -0.2) is 60.6 Å². The number of anilines is 1. The third-order valence-electron chi connectivity index (χ3n) is 6.79. The largest absolute Gasteiger partial charge is 0.491 e. The van der Waals surface area contributed by atoms with Gasteiger partial charge in [-0.05, 0) is 88.0 Å². The lowest BCUT2D eigenvalue weighted by Crippen LogP contribution is -2.58. The lowest BCUT2D eigenvalue weighted by atomic mass is 9.89. The van der Waals surface area contributed by atoms with Crippen molar-refractivity contribution in [2.45, 2.75) is 51.7 Å². The van der Waals surface area contributed by atoms with E-state index in [4.69, 9.17) is 4.74 Å². The van der Waals surface area contributed by atoms with Gasteiger partial charge >= 0.3 is 6.03 Å². The highest BCUT2D eigenvalue weighted by Gasteiger charge is 2.38. The van der Waals surface area contributed by atoms with Crippen LogP contribution in [0.25, 0.3) is 0 Å². The van der Waals surface area contributed by atoms with E-state index in [1.165, 1.54) is 10.5 Å². The Bertz CT molecular complexity index is 1010. The van der Waals surface area contributed by atoms with Crippen LogP contribution >= 0.6 is 15.9 Å². The van der Waals surface area contributed by atoms with Crippen molar-refractivity contribution in [1.82, 2.24) is 9.80 Å². The minimum atomic E-state index is -0.240. The van der Waals surface area contributed by atoms with Gasteiger partial charge in [0.2, 0.25) is 5.91 Å². The fraction of sp³-hybridized carbons (Fsp3) is 0.481. The molecule has 0 bridgehead atoms. The van der Waals surface area contributed by atoms with Gasteiger partial charge in [0.1, 0.15) is 5.75 Å². The number of carbonyl (C=O) groups is 2. The van der Waals surface area contributed by atoms with E-state index in [2.05, 4.69) is 33.0 Å². The monoisotopic (exact) mass is 527 g/mol. The van der Waals surface area contributed by atoms with Crippen LogP contribution in [0.3, 0.4) is 0 Å². The molecule has 2 fully saturated rings. The Morgan fingerprint density at radius 1 is 1.06 bits per heavy atom. The molecule has 34 heavy (non-hydrogen) atoms. The van der Waals surface area contributed by atoms with E-state index in [0.29, 0.717) is 18.0 Å². The third kappa shape index (κ3) is 5.81. The summed E-state index contributed by atoms with van der Waals surface area (Å²) < 4.78 is 7.01. The number of imide groups is 1. The van der Waals surface area contributed by atoms with Gasteiger partial charge in [0.15, 0.2) is 0 Å². The first kappa shape index (κ1) is 24.7. The molecular weight excluding hydrogens is 494 g/mol. The van der Waals surface area contributed by atoms with Gasteiger partial charge in [-0.25, -0.2) is 9.69 Å². The summed E-state index contributed by atoms with van der Waals surface area (Å²) in [5.74, 6) is 1.41. The molecule has 0 saturated carbocycles. The molecule has 0 radical (unpaired) electrons. The number of likely N-dealkylation sites (N-methyl/N-ethyl adjacent to an activating group) is 1. The Kier molecular flexibility index (Phi) is 7.94. The van der Waals surface area contributed by atoms with E-state index >= 15 is 0 Å². The van der Waals surface area contributed by atoms with Gasteiger partial charge in [0.05, 0.1) is 17.8 Å². The second-order valence-electron chi connectivity index (χ2n) is 9.68. The first-order valence-electron chi connectivity index (χ1n) is 12.1. The fourth-order valence-electron chi connectivity index (χ4n) is 4.90. The second kappa shape index (κ2) is 10.9. The van der Waals surface area contributed by atoms with E-state index in [0.717, 1.165) is 49.1 Å². The molecule has 1 unspecified atom stereocenters. The van der Waals surface area contributed by atoms with Gasteiger partial charge in [0.25, 0.3) is 0 Å². The van der Waals surface area contributed by atoms with Crippen LogP contribution in [0.5, 0.6) is 5.75 Å². The van der Waals surface area contributed by atoms with Crippen LogP contribution in [-0.2, 0) is 11.2 Å². The highest BCUT2D eigenvalue weighted by Crippen LogP contribution is 2.30. The quantitative estimate of drug-likeness (QED) is 0.487. The number of hydrogen-bond donors (Lipinski definition) is 0. The molecule has 0 aliphatic carbocycles. The maximum Gasteiger partial charge on any atom is 0.331 e. The number of likely N-dealkylation sites (tertiary alicyclic amines) is 1. The van der Waals surface area contributed by atoms with Gasteiger partial charge in [0, 0.05) is 24.5 Å². The fourth-order valence-corrected chi connectivity index (χ4v) is 5.31. The molecule has 1 atom stereocenters. The molecule has 6 nitrogen and oxygen atoms in total. The molecule has 0 aromatic heterocycles. The average molecular weight is 528 g/mol. The van der Waals surface area contributed by atoms with Crippen molar-refractivity contribution in [2.24, 2.45) is 5.92 Å². The molecular formula is C27H34BrN3O3. The summed E-state index contributed by atoms with van der Waals surface area (Å²) in [6, 6.07) is 15.1. The first-order valence-corrected chi connectivity index (χ1v) is 12.9. The van der Waals surface area contributed by atoms with Crippen molar-refractivity contribution in [1.29, 1.82) is 0 Å². The van der Waals surface area contributed by atoms with Crippen molar-refractivity contribution in [3.05, 3.63) is 58.6 Å². The molecule has 182 valence electrons. The maximum atomic E-state index is 13.0. The lowest BCUT2D eigenvalue weighted by molar-refractivity contribution is -0.120. The molecule has 7 heteroatoms. The molecule has 2 aromatic carbocycles. The summed E-state index contributed by atoms with van der Waals surface area (Å²) in [6.07, 6.45) is 3.75. The number of rotatable bonds is 7. The summed E-state index contributed by atoms with van der Waals surface area (Å²) in [5, 5.41) is 0. The van der Waals surface area contributed by atoms with Crippen LogP contribution in [0.1, 0.15) is 38.7 Å². The standard InChI is InChI=1S/C27H34BrN3O3/c1-19(2)34-24-9-10-25(28)21(16-24)15-20-11-13-30(14-12-20)18-23-17-26(32)31(27(33)29(23)3)22-7-5-4-6-8-22/h4-10,16,19-20,23H,11-15,17-18H2,1-3H3. The van der Waals surface area contributed by atoms with Gasteiger partial charge < -0.3 is 14.5 Å². The van der Waals surface area contributed by atoms with Crippen LogP contribution in [0.2, 0.25) is 0 Å². The van der Waals surface area contributed by atoms with E-state index in [-0.39, 0.29) is 24.1 Å². The normalized spacial score (nSPS) is 20.3. The molecule has 2 aliphatic heterocycles. The number of para-hydroxylation sites is 1. The number of ether oxygens (including phenoxy) is 1. The Morgan fingerprint density at radius 2 is 1.76 bits per heavy atom. The highest BCUT2D eigenvalue weighted by molar-refractivity contribution is 9.10. The number of urea groups is 1. The molecule has 2 aliphatic rings. The number of halogens is 1. The van der Waals surface area contributed by atoms with Gasteiger partial charge in [-0.2, -0.15) is 0 Å². The van der Waals surface area contributed by atoms with Gasteiger partial charge in [-0.3, -0.25) is 4.79 Å². The van der Waals surface area contributed by atoms with Crippen molar-refractivity contribution >= 4 is 33.6 Å². The van der Waals surface area contributed by atoms with Crippen molar-refractivity contribution < 1.29 is 14.3 Å². The number of hydrogen-bond acceptors (Lipinski definition) is 4. The zero-order valence-electron chi connectivity index (χ0n) is 20.2. The molecule has 3 amide bonds. The topological polar surface area (TPSA) is 53.1 Å². The maximum absolute atomic E-state index is 13.0. The number of nitrogens with zero attached hydrogens (tertiary/aromatic N) is 3. The molecule has 0 N–H and O–H groups in total. The predicted octanol–water partition coefficient (Wildman–Crippen LogP) is 5.35. The molecule has 4 rings (SSSR count). The van der Waals surface area contributed by atoms with Crippen LogP contribution in [0, 0.1) is 5.92 Å². The Balaban J connectivity index is 1.31. The van der Waals surface area contributed by atoms with E-state index < -0.39 is 0 Å². The zero-order chi connectivity index (χ0) is 24.2. The minimum Gasteiger partial charge on any atom is -0.491 e. The first-order chi connectivity index (χ1) is 16.3. The smallest absolute Gasteiger partial charge is 0.331 e. The Hall–Kier alpha value is -2.38. The number of benzene rings is 2. The zero-order valence-corrected chi connectivity index (χ0v) is 21.8. The molecule has 2 saturated heterocycles. The molecule has 2 aromatic rings. The third-order valence-corrected chi connectivity index (χ3v) is 7.56. The average Bonchev–Trinajstić information content (AvgIpc) is 2.81. The SMILES string of the molecule is CC(C)Oc1ccc(Br)c(CC2CCN(CC3CC(=O)N(c4ccccc4)C(=O)N3C)CC2)c1. The van der Waals surface area contributed by atoms with Gasteiger partial charge in [-0.1, -0.05) is 34.1 Å². The Morgan fingerprint density at radius 3 is 2.44 bits per heavy atom. The number of carbonyl (C=O) groups excluding carboxylic acids is 2. The predicted molar refractivity (Wildman–Crippen MR) is 138 cm³/mol. The van der Waals surface area contributed by atoms with Crippen molar-refractivity contribution in [2.75, 3.05) is 31.6 Å². The summed E-state index contributed by atoms with van der Waals surface area (Å²) in [4.78, 5) is 31.2. The summed E-state index contributed by atoms with van der Waals surface area (Å²) in [7, 11) is 1.81. The number of piperidine rings is 1. The molecule has 0 spiro atoms. The van der Waals surface area contributed by atoms with Gasteiger partial charge in [-0.15, -0.1) is 0 Å². The highest BCUT2D eigenvalue weighted by atomic mass is 79.9.